The van der Waals surface area contributed by atoms with Crippen LogP contribution in [0.3, 0.4) is 0 Å². The molecule has 0 radical (unpaired) electrons. The molecule has 1 aromatic carbocycles. The van der Waals surface area contributed by atoms with Crippen LogP contribution >= 0.6 is 15.9 Å². The number of hydrogen-bond acceptors (Lipinski definition) is 2. The highest BCUT2D eigenvalue weighted by molar-refractivity contribution is 9.10. The molecule has 0 spiro atoms. The van der Waals surface area contributed by atoms with Gasteiger partial charge in [0.15, 0.2) is 0 Å². The van der Waals surface area contributed by atoms with Crippen LogP contribution in [0.2, 0.25) is 0 Å². The van der Waals surface area contributed by atoms with Crippen LogP contribution in [-0.2, 0) is 0 Å². The molecular formula is C10H11BrFNO. The van der Waals surface area contributed by atoms with E-state index in [1.807, 2.05) is 12.1 Å². The standard InChI is InChI=1S/C10H11BrFNO/c11-8-1-3-10(4-2-8)14-7-9(12)5-6-13/h1-5H,6-7,13H2/b9-5-. The monoisotopic (exact) mass is 259 g/mol. The van der Waals surface area contributed by atoms with Crippen LogP contribution in [0.1, 0.15) is 0 Å². The first-order valence-corrected chi connectivity index (χ1v) is 4.94. The average molecular weight is 260 g/mol. The zero-order valence-electron chi connectivity index (χ0n) is 7.54. The average Bonchev–Trinajstić information content (AvgIpc) is 2.17. The highest BCUT2D eigenvalue weighted by Gasteiger charge is 1.96. The smallest absolute Gasteiger partial charge is 0.139 e. The molecule has 4 heteroatoms. The SMILES string of the molecule is NC/C=C(\F)COc1ccc(Br)cc1. The van der Waals surface area contributed by atoms with Crippen LogP contribution in [0.15, 0.2) is 40.6 Å². The lowest BCUT2D eigenvalue weighted by molar-refractivity contribution is 0.318. The normalized spacial score (nSPS) is 11.5. The van der Waals surface area contributed by atoms with E-state index in [0.717, 1.165) is 4.47 Å². The molecule has 2 N–H and O–H groups in total. The molecule has 0 atom stereocenters. The van der Waals surface area contributed by atoms with Crippen molar-refractivity contribution in [3.63, 3.8) is 0 Å². The van der Waals surface area contributed by atoms with Gasteiger partial charge in [0.05, 0.1) is 0 Å². The third kappa shape index (κ3) is 3.89. The molecule has 0 aliphatic rings. The van der Waals surface area contributed by atoms with Crippen LogP contribution in [0.25, 0.3) is 0 Å². The maximum absolute atomic E-state index is 12.8. The van der Waals surface area contributed by atoms with Crippen molar-refractivity contribution in [2.24, 2.45) is 5.73 Å². The number of hydrogen-bond donors (Lipinski definition) is 1. The molecule has 0 heterocycles. The summed E-state index contributed by atoms with van der Waals surface area (Å²) in [6, 6.07) is 7.19. The summed E-state index contributed by atoms with van der Waals surface area (Å²) in [5, 5.41) is 0. The maximum atomic E-state index is 12.8. The van der Waals surface area contributed by atoms with Crippen molar-refractivity contribution >= 4 is 15.9 Å². The molecule has 0 fully saturated rings. The van der Waals surface area contributed by atoms with E-state index in [1.54, 1.807) is 12.1 Å². The van der Waals surface area contributed by atoms with Gasteiger partial charge in [-0.1, -0.05) is 15.9 Å². The molecule has 0 unspecified atom stereocenters. The molecule has 2 nitrogen and oxygen atoms in total. The van der Waals surface area contributed by atoms with Crippen LogP contribution in [0, 0.1) is 0 Å². The molecule has 0 amide bonds. The van der Waals surface area contributed by atoms with Crippen molar-refractivity contribution in [3.05, 3.63) is 40.6 Å². The topological polar surface area (TPSA) is 35.2 Å². The third-order valence-electron chi connectivity index (χ3n) is 1.53. The predicted octanol–water partition coefficient (Wildman–Crippen LogP) is 2.64. The third-order valence-corrected chi connectivity index (χ3v) is 2.06. The van der Waals surface area contributed by atoms with E-state index < -0.39 is 0 Å². The number of rotatable bonds is 4. The number of halogens is 2. The van der Waals surface area contributed by atoms with E-state index in [4.69, 9.17) is 10.5 Å². The Morgan fingerprint density at radius 1 is 1.43 bits per heavy atom. The van der Waals surface area contributed by atoms with Gasteiger partial charge in [0, 0.05) is 11.0 Å². The van der Waals surface area contributed by atoms with E-state index in [9.17, 15) is 4.39 Å². The van der Waals surface area contributed by atoms with Gasteiger partial charge in [0.25, 0.3) is 0 Å². The first-order chi connectivity index (χ1) is 6.72. The molecule has 0 aromatic heterocycles. The van der Waals surface area contributed by atoms with Crippen LogP contribution in [-0.4, -0.2) is 13.2 Å². The first kappa shape index (κ1) is 11.2. The molecule has 1 rings (SSSR count). The van der Waals surface area contributed by atoms with E-state index >= 15 is 0 Å². The van der Waals surface area contributed by atoms with Crippen molar-refractivity contribution in [2.75, 3.05) is 13.2 Å². The first-order valence-electron chi connectivity index (χ1n) is 4.15. The Bertz CT molecular complexity index is 310. The fraction of sp³-hybridized carbons (Fsp3) is 0.200. The molecule has 0 bridgehead atoms. The van der Waals surface area contributed by atoms with E-state index in [0.29, 0.717) is 5.75 Å². The van der Waals surface area contributed by atoms with Crippen molar-refractivity contribution in [1.82, 2.24) is 0 Å². The van der Waals surface area contributed by atoms with Crippen LogP contribution in [0.4, 0.5) is 4.39 Å². The zero-order chi connectivity index (χ0) is 10.4. The van der Waals surface area contributed by atoms with Crippen molar-refractivity contribution in [3.8, 4) is 5.75 Å². The fourth-order valence-electron chi connectivity index (χ4n) is 0.870. The second-order valence-electron chi connectivity index (χ2n) is 2.63. The van der Waals surface area contributed by atoms with Gasteiger partial charge in [0.1, 0.15) is 18.2 Å². The van der Waals surface area contributed by atoms with Crippen molar-refractivity contribution in [1.29, 1.82) is 0 Å². The highest BCUT2D eigenvalue weighted by atomic mass is 79.9. The van der Waals surface area contributed by atoms with Gasteiger partial charge in [-0.25, -0.2) is 4.39 Å². The molecule has 0 aliphatic carbocycles. The Labute approximate surface area is 90.7 Å². The van der Waals surface area contributed by atoms with Crippen LogP contribution < -0.4 is 10.5 Å². The minimum atomic E-state index is -0.351. The Hall–Kier alpha value is -0.870. The second kappa shape index (κ2) is 5.78. The maximum Gasteiger partial charge on any atom is 0.139 e. The lowest BCUT2D eigenvalue weighted by atomic mass is 10.3. The number of nitrogens with two attached hydrogens (primary N) is 1. The van der Waals surface area contributed by atoms with Gasteiger partial charge in [-0.05, 0) is 30.3 Å². The van der Waals surface area contributed by atoms with E-state index in [2.05, 4.69) is 15.9 Å². The van der Waals surface area contributed by atoms with E-state index in [-0.39, 0.29) is 19.0 Å². The summed E-state index contributed by atoms with van der Waals surface area (Å²) in [6.07, 6.45) is 1.29. The summed E-state index contributed by atoms with van der Waals surface area (Å²) < 4.78 is 18.9. The van der Waals surface area contributed by atoms with Gasteiger partial charge < -0.3 is 10.5 Å². The van der Waals surface area contributed by atoms with Gasteiger partial charge in [-0.15, -0.1) is 0 Å². The number of ether oxygens (including phenoxy) is 1. The molecule has 14 heavy (non-hydrogen) atoms. The van der Waals surface area contributed by atoms with Gasteiger partial charge in [-0.2, -0.15) is 0 Å². The molecular weight excluding hydrogens is 249 g/mol. The summed E-state index contributed by atoms with van der Waals surface area (Å²) in [6.45, 7) is 0.119. The lowest BCUT2D eigenvalue weighted by Gasteiger charge is -2.03. The second-order valence-corrected chi connectivity index (χ2v) is 3.54. The number of benzene rings is 1. The molecule has 1 aromatic rings. The summed E-state index contributed by atoms with van der Waals surface area (Å²) >= 11 is 3.29. The largest absolute Gasteiger partial charge is 0.487 e. The fourth-order valence-corrected chi connectivity index (χ4v) is 1.13. The minimum absolute atomic E-state index is 0.0706. The predicted molar refractivity (Wildman–Crippen MR) is 57.9 cm³/mol. The van der Waals surface area contributed by atoms with Gasteiger partial charge in [0.2, 0.25) is 0 Å². The van der Waals surface area contributed by atoms with Gasteiger partial charge >= 0.3 is 0 Å². The van der Waals surface area contributed by atoms with E-state index in [1.165, 1.54) is 6.08 Å². The van der Waals surface area contributed by atoms with Crippen molar-refractivity contribution < 1.29 is 9.13 Å². The summed E-state index contributed by atoms with van der Waals surface area (Å²) in [5.41, 5.74) is 5.14. The summed E-state index contributed by atoms with van der Waals surface area (Å²) in [7, 11) is 0. The van der Waals surface area contributed by atoms with Gasteiger partial charge in [-0.3, -0.25) is 0 Å². The Morgan fingerprint density at radius 2 is 2.07 bits per heavy atom. The minimum Gasteiger partial charge on any atom is -0.487 e. The van der Waals surface area contributed by atoms with Crippen LogP contribution in [0.5, 0.6) is 5.75 Å². The zero-order valence-corrected chi connectivity index (χ0v) is 9.13. The Kier molecular flexibility index (Phi) is 4.62. The highest BCUT2D eigenvalue weighted by Crippen LogP contribution is 2.16. The quantitative estimate of drug-likeness (QED) is 0.903. The molecule has 76 valence electrons. The Balaban J connectivity index is 2.46. The Morgan fingerprint density at radius 3 is 2.64 bits per heavy atom. The lowest BCUT2D eigenvalue weighted by Crippen LogP contribution is -2.01. The summed E-state index contributed by atoms with van der Waals surface area (Å²) in [5.74, 6) is 0.282. The van der Waals surface area contributed by atoms with Crippen molar-refractivity contribution in [2.45, 2.75) is 0 Å². The molecule has 0 saturated carbocycles. The molecule has 0 saturated heterocycles. The molecule has 0 aliphatic heterocycles. The summed E-state index contributed by atoms with van der Waals surface area (Å²) in [4.78, 5) is 0.